The predicted molar refractivity (Wildman–Crippen MR) is 93.8 cm³/mol. The van der Waals surface area contributed by atoms with E-state index in [1.54, 1.807) is 0 Å². The summed E-state index contributed by atoms with van der Waals surface area (Å²) in [4.78, 5) is 26.4. The number of allylic oxidation sites excluding steroid dienone is 2. The van der Waals surface area contributed by atoms with Crippen LogP contribution in [0.4, 0.5) is 18.0 Å². The van der Waals surface area contributed by atoms with Crippen LogP contribution in [0.3, 0.4) is 0 Å². The lowest BCUT2D eigenvalue weighted by molar-refractivity contribution is -0.190. The summed E-state index contributed by atoms with van der Waals surface area (Å²) >= 11 is 0. The Balaban J connectivity index is 1.27. The number of likely N-dealkylation sites (tertiary alicyclic amines) is 1. The van der Waals surface area contributed by atoms with E-state index in [-0.39, 0.29) is 31.9 Å². The van der Waals surface area contributed by atoms with Crippen molar-refractivity contribution in [3.63, 3.8) is 0 Å². The zero-order valence-electron chi connectivity index (χ0n) is 16.0. The lowest BCUT2D eigenvalue weighted by Gasteiger charge is -2.40. The van der Waals surface area contributed by atoms with Crippen LogP contribution in [-0.4, -0.2) is 78.3 Å². The number of fused-ring (bicyclic) bond motifs is 3. The van der Waals surface area contributed by atoms with Gasteiger partial charge in [-0.05, 0) is 38.5 Å². The Bertz CT molecular complexity index is 639. The van der Waals surface area contributed by atoms with Gasteiger partial charge in [0.05, 0.1) is 24.3 Å². The Morgan fingerprint density at radius 2 is 1.52 bits per heavy atom. The third kappa shape index (κ3) is 4.37. The first-order chi connectivity index (χ1) is 13.8. The molecule has 29 heavy (non-hydrogen) atoms. The van der Waals surface area contributed by atoms with Crippen molar-refractivity contribution in [1.29, 1.82) is 0 Å². The monoisotopic (exact) mass is 418 g/mol. The molecule has 5 atom stereocenters. The summed E-state index contributed by atoms with van der Waals surface area (Å²) in [5, 5.41) is 0. The summed E-state index contributed by atoms with van der Waals surface area (Å²) in [5.41, 5.74) is 0. The van der Waals surface area contributed by atoms with E-state index in [0.29, 0.717) is 12.8 Å². The highest BCUT2D eigenvalue weighted by Crippen LogP contribution is 2.34. The zero-order chi connectivity index (χ0) is 20.6. The van der Waals surface area contributed by atoms with Crippen molar-refractivity contribution >= 4 is 12.0 Å². The first-order valence-corrected chi connectivity index (χ1v) is 10.1. The van der Waals surface area contributed by atoms with Crippen LogP contribution >= 0.6 is 0 Å². The molecule has 4 aliphatic rings. The van der Waals surface area contributed by atoms with Crippen LogP contribution in [0.1, 0.15) is 38.5 Å². The molecule has 0 N–H and O–H groups in total. The van der Waals surface area contributed by atoms with Crippen molar-refractivity contribution in [2.75, 3.05) is 19.7 Å². The summed E-state index contributed by atoms with van der Waals surface area (Å²) in [6, 6.07) is -1.26. The first kappa shape index (κ1) is 20.5. The maximum absolute atomic E-state index is 12.8. The molecule has 3 fully saturated rings. The Morgan fingerprint density at radius 1 is 0.966 bits per heavy atom. The maximum Gasteiger partial charge on any atom is 0.471 e. The maximum atomic E-state index is 12.8. The molecule has 3 saturated heterocycles. The lowest BCUT2D eigenvalue weighted by Crippen LogP contribution is -2.59. The SMILES string of the molecule is O=C(OCC1O[C@H]2CC/C=C/CC[C@H]2O1)N1CC2CCC(C1)N2C(=O)C(F)(F)F. The van der Waals surface area contributed by atoms with Gasteiger partial charge in [0.2, 0.25) is 0 Å². The summed E-state index contributed by atoms with van der Waals surface area (Å²) in [5.74, 6) is -1.82. The van der Waals surface area contributed by atoms with E-state index in [1.807, 2.05) is 0 Å². The number of piperazine rings is 1. The second-order valence-corrected chi connectivity index (χ2v) is 7.98. The number of amides is 2. The van der Waals surface area contributed by atoms with Gasteiger partial charge in [0.15, 0.2) is 6.29 Å². The van der Waals surface area contributed by atoms with E-state index in [2.05, 4.69) is 12.2 Å². The topological polar surface area (TPSA) is 68.3 Å². The molecule has 2 amide bonds. The van der Waals surface area contributed by atoms with Gasteiger partial charge in [-0.15, -0.1) is 0 Å². The van der Waals surface area contributed by atoms with Crippen molar-refractivity contribution in [3.05, 3.63) is 12.2 Å². The number of alkyl halides is 3. The average Bonchev–Trinajstić information content (AvgIpc) is 3.14. The van der Waals surface area contributed by atoms with E-state index in [4.69, 9.17) is 14.2 Å². The molecule has 3 heterocycles. The van der Waals surface area contributed by atoms with Gasteiger partial charge < -0.3 is 24.0 Å². The van der Waals surface area contributed by atoms with E-state index in [0.717, 1.165) is 30.6 Å². The number of rotatable bonds is 2. The number of ether oxygens (including phenoxy) is 3. The second-order valence-electron chi connectivity index (χ2n) is 7.98. The molecule has 2 bridgehead atoms. The van der Waals surface area contributed by atoms with Crippen molar-refractivity contribution < 1.29 is 37.0 Å². The fourth-order valence-corrected chi connectivity index (χ4v) is 4.70. The van der Waals surface area contributed by atoms with Gasteiger partial charge >= 0.3 is 18.2 Å². The van der Waals surface area contributed by atoms with Gasteiger partial charge in [-0.2, -0.15) is 13.2 Å². The minimum Gasteiger partial charge on any atom is -0.444 e. The van der Waals surface area contributed by atoms with E-state index in [1.165, 1.54) is 4.90 Å². The quantitative estimate of drug-likeness (QED) is 0.645. The van der Waals surface area contributed by atoms with Gasteiger partial charge in [-0.1, -0.05) is 12.2 Å². The minimum absolute atomic E-state index is 0.0172. The molecule has 0 aromatic rings. The summed E-state index contributed by atoms with van der Waals surface area (Å²) < 4.78 is 55.4. The summed E-state index contributed by atoms with van der Waals surface area (Å²) in [6.45, 7) is 0.0250. The van der Waals surface area contributed by atoms with Crippen LogP contribution in [0, 0.1) is 0 Å². The molecule has 162 valence electrons. The van der Waals surface area contributed by atoms with Crippen LogP contribution in [0.15, 0.2) is 12.2 Å². The van der Waals surface area contributed by atoms with Crippen molar-refractivity contribution in [2.24, 2.45) is 0 Å². The molecule has 10 heteroatoms. The standard InChI is InChI=1S/C19H25F3N2O5/c20-19(21,22)17(25)24-12-7-8-13(24)10-23(9-12)18(26)27-11-16-28-14-5-3-1-2-4-6-15(14)29-16/h1-2,12-16H,3-11H2/b2-1+/t12?,13?,14-,15+,16?. The van der Waals surface area contributed by atoms with Crippen LogP contribution in [0.2, 0.25) is 0 Å². The second kappa shape index (κ2) is 8.14. The minimum atomic E-state index is -4.90. The van der Waals surface area contributed by atoms with Crippen molar-refractivity contribution in [3.8, 4) is 0 Å². The largest absolute Gasteiger partial charge is 0.471 e. The third-order valence-corrected chi connectivity index (χ3v) is 6.03. The van der Waals surface area contributed by atoms with E-state index >= 15 is 0 Å². The molecule has 0 aromatic carbocycles. The summed E-state index contributed by atoms with van der Waals surface area (Å²) in [6.07, 6.45) is 2.52. The van der Waals surface area contributed by atoms with Gasteiger partial charge in [0.25, 0.3) is 0 Å². The van der Waals surface area contributed by atoms with Gasteiger partial charge in [0.1, 0.15) is 6.61 Å². The first-order valence-electron chi connectivity index (χ1n) is 10.1. The molecule has 0 saturated carbocycles. The van der Waals surface area contributed by atoms with Crippen LogP contribution < -0.4 is 0 Å². The smallest absolute Gasteiger partial charge is 0.444 e. The normalized spacial score (nSPS) is 35.6. The number of carbonyl (C=O) groups is 2. The lowest BCUT2D eigenvalue weighted by atomic mass is 10.0. The fourth-order valence-electron chi connectivity index (χ4n) is 4.70. The zero-order valence-corrected chi connectivity index (χ0v) is 16.0. The molecule has 0 spiro atoms. The van der Waals surface area contributed by atoms with Crippen molar-refractivity contribution in [2.45, 2.75) is 75.3 Å². The molecule has 3 unspecified atom stereocenters. The molecule has 3 aliphatic heterocycles. The molecular weight excluding hydrogens is 393 g/mol. The van der Waals surface area contributed by atoms with Crippen LogP contribution in [-0.2, 0) is 19.0 Å². The predicted octanol–water partition coefficient (Wildman–Crippen LogP) is 2.60. The Hall–Kier alpha value is -1.81. The summed E-state index contributed by atoms with van der Waals surface area (Å²) in [7, 11) is 0. The average molecular weight is 418 g/mol. The van der Waals surface area contributed by atoms with E-state index in [9.17, 15) is 22.8 Å². The highest BCUT2D eigenvalue weighted by Gasteiger charge is 2.52. The Labute approximate surface area is 166 Å². The van der Waals surface area contributed by atoms with Crippen molar-refractivity contribution in [1.82, 2.24) is 9.80 Å². The Kier molecular flexibility index (Phi) is 5.74. The van der Waals surface area contributed by atoms with Gasteiger partial charge in [0, 0.05) is 13.1 Å². The number of hydrogen-bond donors (Lipinski definition) is 0. The van der Waals surface area contributed by atoms with Gasteiger partial charge in [-0.25, -0.2) is 4.79 Å². The number of hydrogen-bond acceptors (Lipinski definition) is 5. The van der Waals surface area contributed by atoms with Crippen LogP contribution in [0.5, 0.6) is 0 Å². The molecule has 0 radical (unpaired) electrons. The molecular formula is C19H25F3N2O5. The third-order valence-electron chi connectivity index (χ3n) is 6.03. The number of nitrogens with zero attached hydrogens (tertiary/aromatic N) is 2. The Morgan fingerprint density at radius 3 is 2.03 bits per heavy atom. The molecule has 7 nitrogen and oxygen atoms in total. The highest BCUT2D eigenvalue weighted by atomic mass is 19.4. The van der Waals surface area contributed by atoms with Gasteiger partial charge in [-0.3, -0.25) is 4.79 Å². The molecule has 1 aliphatic carbocycles. The van der Waals surface area contributed by atoms with Crippen LogP contribution in [0.25, 0.3) is 0 Å². The number of carbonyl (C=O) groups excluding carboxylic acids is 2. The molecule has 0 aromatic heterocycles. The molecule has 4 rings (SSSR count). The van der Waals surface area contributed by atoms with E-state index < -0.39 is 36.6 Å². The number of halogens is 3. The fraction of sp³-hybridized carbons (Fsp3) is 0.789. The highest BCUT2D eigenvalue weighted by molar-refractivity contribution is 5.83.